The predicted octanol–water partition coefficient (Wildman–Crippen LogP) is 5.69. The van der Waals surface area contributed by atoms with Crippen LogP contribution >= 0.6 is 31.9 Å². The van der Waals surface area contributed by atoms with Gasteiger partial charge in [-0.25, -0.2) is 0 Å². The first kappa shape index (κ1) is 15.4. The first-order valence-corrected chi connectivity index (χ1v) is 8.77. The zero-order valence-electron chi connectivity index (χ0n) is 12.2. The van der Waals surface area contributed by atoms with Crippen LogP contribution in [0.4, 0.5) is 0 Å². The Labute approximate surface area is 154 Å². The van der Waals surface area contributed by atoms with E-state index in [1.165, 1.54) is 0 Å². The minimum Gasteiger partial charge on any atom is -0.506 e. The zero-order chi connectivity index (χ0) is 16.8. The van der Waals surface area contributed by atoms with Crippen molar-refractivity contribution in [3.05, 3.63) is 74.4 Å². The van der Waals surface area contributed by atoms with E-state index < -0.39 is 0 Å². The van der Waals surface area contributed by atoms with Crippen LogP contribution in [0.25, 0.3) is 16.8 Å². The molecule has 0 radical (unpaired) electrons. The largest absolute Gasteiger partial charge is 0.506 e. The van der Waals surface area contributed by atoms with Gasteiger partial charge in [-0.15, -0.1) is 0 Å². The van der Waals surface area contributed by atoms with E-state index in [1.807, 2.05) is 30.3 Å². The second kappa shape index (κ2) is 5.76. The molecule has 0 aliphatic carbocycles. The van der Waals surface area contributed by atoms with Crippen LogP contribution in [0, 0.1) is 0 Å². The lowest BCUT2D eigenvalue weighted by atomic mass is 10.0. The number of aromatic hydroxyl groups is 1. The third kappa shape index (κ3) is 2.44. The molecule has 0 fully saturated rings. The lowest BCUT2D eigenvalue weighted by Gasteiger charge is -2.04. The fourth-order valence-electron chi connectivity index (χ4n) is 2.74. The number of carbonyl (C=O) groups excluding carboxylic acids is 1. The van der Waals surface area contributed by atoms with Gasteiger partial charge in [-0.3, -0.25) is 4.79 Å². The van der Waals surface area contributed by atoms with Gasteiger partial charge in [0, 0.05) is 5.39 Å². The maximum atomic E-state index is 12.6. The fourth-order valence-corrected chi connectivity index (χ4v) is 3.96. The Balaban J connectivity index is 1.82. The number of carbonyl (C=O) groups is 1. The maximum Gasteiger partial charge on any atom is 0.231 e. The summed E-state index contributed by atoms with van der Waals surface area (Å²) in [6, 6.07) is 15.0. The second-order valence-electron chi connectivity index (χ2n) is 5.44. The summed E-state index contributed by atoms with van der Waals surface area (Å²) in [4.78, 5) is 12.6. The minimum absolute atomic E-state index is 0.116. The van der Waals surface area contributed by atoms with E-state index in [4.69, 9.17) is 4.74 Å². The third-order valence-electron chi connectivity index (χ3n) is 3.90. The molecule has 118 valence electrons. The molecule has 0 bridgehead atoms. The van der Waals surface area contributed by atoms with Crippen molar-refractivity contribution in [3.63, 3.8) is 0 Å². The van der Waals surface area contributed by atoms with Crippen molar-refractivity contribution in [2.75, 3.05) is 0 Å². The van der Waals surface area contributed by atoms with Gasteiger partial charge in [0.25, 0.3) is 0 Å². The molecule has 0 unspecified atom stereocenters. The van der Waals surface area contributed by atoms with Gasteiger partial charge in [-0.2, -0.15) is 0 Å². The number of hydrogen-bond donors (Lipinski definition) is 1. The van der Waals surface area contributed by atoms with Crippen molar-refractivity contribution in [3.8, 4) is 11.5 Å². The van der Waals surface area contributed by atoms with Crippen LogP contribution < -0.4 is 4.74 Å². The molecule has 3 nitrogen and oxygen atoms in total. The van der Waals surface area contributed by atoms with Crippen LogP contribution in [0.5, 0.6) is 11.5 Å². The van der Waals surface area contributed by atoms with Crippen molar-refractivity contribution in [1.82, 2.24) is 0 Å². The summed E-state index contributed by atoms with van der Waals surface area (Å²) < 4.78 is 6.94. The Morgan fingerprint density at radius 2 is 1.71 bits per heavy atom. The Bertz CT molecular complexity index is 1010. The van der Waals surface area contributed by atoms with Gasteiger partial charge in [0.05, 0.1) is 14.5 Å². The van der Waals surface area contributed by atoms with E-state index >= 15 is 0 Å². The van der Waals surface area contributed by atoms with E-state index in [-0.39, 0.29) is 17.3 Å². The molecule has 0 saturated carbocycles. The highest BCUT2D eigenvalue weighted by Gasteiger charge is 2.28. The van der Waals surface area contributed by atoms with Crippen molar-refractivity contribution in [1.29, 1.82) is 0 Å². The molecule has 0 spiro atoms. The Morgan fingerprint density at radius 1 is 1.00 bits per heavy atom. The molecule has 3 aromatic rings. The molecular weight excluding hydrogens is 436 g/mol. The molecule has 0 amide bonds. The summed E-state index contributed by atoms with van der Waals surface area (Å²) in [5, 5.41) is 11.7. The smallest absolute Gasteiger partial charge is 0.231 e. The van der Waals surface area contributed by atoms with E-state index in [0.717, 1.165) is 16.3 Å². The van der Waals surface area contributed by atoms with E-state index in [0.29, 0.717) is 20.3 Å². The molecular formula is C19H10Br2O3. The maximum absolute atomic E-state index is 12.6. The van der Waals surface area contributed by atoms with Crippen LogP contribution in [-0.4, -0.2) is 10.9 Å². The highest BCUT2D eigenvalue weighted by Crippen LogP contribution is 2.39. The van der Waals surface area contributed by atoms with Crippen molar-refractivity contribution < 1.29 is 14.6 Å². The summed E-state index contributed by atoms with van der Waals surface area (Å²) >= 11 is 6.57. The molecule has 5 heteroatoms. The number of rotatable bonds is 1. The molecule has 4 rings (SSSR count). The van der Waals surface area contributed by atoms with Gasteiger partial charge in [0.2, 0.25) is 5.78 Å². The molecule has 24 heavy (non-hydrogen) atoms. The Hall–Kier alpha value is -2.11. The molecule has 1 aliphatic rings. The number of ketones is 1. The number of fused-ring (bicyclic) bond motifs is 3. The summed E-state index contributed by atoms with van der Waals surface area (Å²) in [7, 11) is 0. The quantitative estimate of drug-likeness (QED) is 0.489. The van der Waals surface area contributed by atoms with Crippen LogP contribution in [0.1, 0.15) is 15.9 Å². The number of phenolic OH excluding ortho intramolecular Hbond substituents is 1. The highest BCUT2D eigenvalue weighted by molar-refractivity contribution is 9.11. The van der Waals surface area contributed by atoms with E-state index in [1.54, 1.807) is 24.3 Å². The van der Waals surface area contributed by atoms with Gasteiger partial charge in [0.1, 0.15) is 11.5 Å². The Morgan fingerprint density at radius 3 is 2.46 bits per heavy atom. The van der Waals surface area contributed by atoms with Crippen LogP contribution in [-0.2, 0) is 0 Å². The standard InChI is InChI=1S/C19H10Br2O3/c20-14-7-10(8-15(21)18(14)23)9-16-17(22)13-6-5-11-3-1-2-4-12(11)19(13)24-16/h1-9,23H/b16-9-. The lowest BCUT2D eigenvalue weighted by Crippen LogP contribution is -1.98. The van der Waals surface area contributed by atoms with Crippen LogP contribution in [0.15, 0.2) is 63.2 Å². The van der Waals surface area contributed by atoms with Gasteiger partial charge in [-0.1, -0.05) is 30.3 Å². The SMILES string of the molecule is O=C1/C(=C/c2cc(Br)c(O)c(Br)c2)Oc2c1ccc1ccccc21. The molecule has 0 aromatic heterocycles. The summed E-state index contributed by atoms with van der Waals surface area (Å²) in [5.74, 6) is 0.841. The number of ether oxygens (including phenoxy) is 1. The topological polar surface area (TPSA) is 46.5 Å². The van der Waals surface area contributed by atoms with Crippen LogP contribution in [0.2, 0.25) is 0 Å². The van der Waals surface area contributed by atoms with Gasteiger partial charge < -0.3 is 9.84 Å². The molecule has 1 N–H and O–H groups in total. The third-order valence-corrected chi connectivity index (χ3v) is 5.11. The predicted molar refractivity (Wildman–Crippen MR) is 100 cm³/mol. The number of Topliss-reactive ketones (excluding diaryl/α,β-unsaturated/α-hetero) is 1. The molecule has 0 atom stereocenters. The average Bonchev–Trinajstić information content (AvgIpc) is 2.89. The number of phenols is 1. The summed E-state index contributed by atoms with van der Waals surface area (Å²) in [6.45, 7) is 0. The number of hydrogen-bond acceptors (Lipinski definition) is 3. The Kier molecular flexibility index (Phi) is 3.70. The summed E-state index contributed by atoms with van der Waals surface area (Å²) in [5.41, 5.74) is 1.31. The first-order valence-electron chi connectivity index (χ1n) is 7.18. The van der Waals surface area contributed by atoms with Gasteiger partial charge in [0.15, 0.2) is 5.76 Å². The van der Waals surface area contributed by atoms with Crippen molar-refractivity contribution >= 4 is 54.5 Å². The average molecular weight is 446 g/mol. The van der Waals surface area contributed by atoms with Crippen LogP contribution in [0.3, 0.4) is 0 Å². The fraction of sp³-hybridized carbons (Fsp3) is 0. The lowest BCUT2D eigenvalue weighted by molar-refractivity contribution is 0.101. The molecule has 3 aromatic carbocycles. The molecule has 1 aliphatic heterocycles. The van der Waals surface area contributed by atoms with Gasteiger partial charge >= 0.3 is 0 Å². The van der Waals surface area contributed by atoms with E-state index in [9.17, 15) is 9.90 Å². The van der Waals surface area contributed by atoms with E-state index in [2.05, 4.69) is 31.9 Å². The first-order chi connectivity index (χ1) is 11.5. The number of halogens is 2. The van der Waals surface area contributed by atoms with Crippen molar-refractivity contribution in [2.45, 2.75) is 0 Å². The minimum atomic E-state index is -0.143. The monoisotopic (exact) mass is 444 g/mol. The second-order valence-corrected chi connectivity index (χ2v) is 7.14. The van der Waals surface area contributed by atoms with Crippen molar-refractivity contribution in [2.24, 2.45) is 0 Å². The summed E-state index contributed by atoms with van der Waals surface area (Å²) in [6.07, 6.45) is 1.67. The molecule has 1 heterocycles. The highest BCUT2D eigenvalue weighted by atomic mass is 79.9. The molecule has 0 saturated heterocycles. The normalized spacial score (nSPS) is 14.9. The van der Waals surface area contributed by atoms with Gasteiger partial charge in [-0.05, 0) is 67.1 Å². The zero-order valence-corrected chi connectivity index (χ0v) is 15.4. The number of benzene rings is 3. The number of allylic oxidation sites excluding steroid dienone is 1.